The van der Waals surface area contributed by atoms with Crippen molar-refractivity contribution in [3.8, 4) is 0 Å². The normalized spacial score (nSPS) is 21.9. The van der Waals surface area contributed by atoms with Crippen molar-refractivity contribution < 1.29 is 4.39 Å². The van der Waals surface area contributed by atoms with Crippen LogP contribution in [-0.4, -0.2) is 31.1 Å². The Morgan fingerprint density at radius 3 is 2.50 bits per heavy atom. The Hall–Kier alpha value is -0.160. The van der Waals surface area contributed by atoms with Gasteiger partial charge in [-0.1, -0.05) is 12.5 Å². The molecule has 1 aromatic carbocycles. The average molecular weight is 364 g/mol. The third-order valence-electron chi connectivity index (χ3n) is 4.43. The molecule has 3 rings (SSSR count). The predicted molar refractivity (Wildman–Crippen MR) is 85.9 cm³/mol. The molecule has 0 unspecified atom stereocenters. The number of hydrogen-bond donors (Lipinski definition) is 1. The van der Waals surface area contributed by atoms with E-state index in [-0.39, 0.29) is 18.2 Å². The third kappa shape index (κ3) is 3.35. The van der Waals surface area contributed by atoms with E-state index in [4.69, 9.17) is 0 Å². The van der Waals surface area contributed by atoms with Crippen molar-refractivity contribution in [2.75, 3.05) is 26.2 Å². The lowest BCUT2D eigenvalue weighted by molar-refractivity contribution is 0.0835. The minimum atomic E-state index is -0.142. The lowest BCUT2D eigenvalue weighted by atomic mass is 9.76. The smallest absolute Gasteiger partial charge is 0.137 e. The molecular weight excluding hydrogens is 343 g/mol. The minimum absolute atomic E-state index is 0. The summed E-state index contributed by atoms with van der Waals surface area (Å²) in [6, 6.07) is 6.05. The molecule has 2 aliphatic rings. The van der Waals surface area contributed by atoms with Gasteiger partial charge in [-0.25, -0.2) is 4.39 Å². The zero-order chi connectivity index (χ0) is 13.2. The summed E-state index contributed by atoms with van der Waals surface area (Å²) in [5.74, 6) is 0.565. The number of benzene rings is 1. The van der Waals surface area contributed by atoms with E-state index < -0.39 is 0 Å². The second-order valence-corrected chi connectivity index (χ2v) is 6.45. The first-order valence-corrected chi connectivity index (χ1v) is 7.95. The molecule has 1 saturated heterocycles. The summed E-state index contributed by atoms with van der Waals surface area (Å²) in [6.45, 7) is 4.22. The summed E-state index contributed by atoms with van der Waals surface area (Å²) in [5.41, 5.74) is 1.15. The fourth-order valence-corrected chi connectivity index (χ4v) is 3.44. The molecule has 1 aliphatic heterocycles. The van der Waals surface area contributed by atoms with Gasteiger partial charge in [-0.2, -0.15) is 0 Å². The van der Waals surface area contributed by atoms with Crippen LogP contribution in [0.1, 0.15) is 30.9 Å². The fraction of sp³-hybridized carbons (Fsp3) is 0.600. The summed E-state index contributed by atoms with van der Waals surface area (Å²) in [7, 11) is 0. The van der Waals surface area contributed by atoms with E-state index in [0.717, 1.165) is 31.7 Å². The van der Waals surface area contributed by atoms with Gasteiger partial charge in [0, 0.05) is 32.2 Å². The summed E-state index contributed by atoms with van der Waals surface area (Å²) in [6.07, 6.45) is 3.89. The SMILES string of the molecule is Cl.Fc1cc([C@@H](C2CCC2)N2CCNCC2)ccc1Br. The van der Waals surface area contributed by atoms with E-state index in [9.17, 15) is 4.39 Å². The van der Waals surface area contributed by atoms with E-state index in [1.165, 1.54) is 19.3 Å². The minimum Gasteiger partial charge on any atom is -0.314 e. The van der Waals surface area contributed by atoms with Crippen LogP contribution in [0.15, 0.2) is 22.7 Å². The van der Waals surface area contributed by atoms with Crippen molar-refractivity contribution in [1.29, 1.82) is 0 Å². The van der Waals surface area contributed by atoms with Gasteiger partial charge in [0.15, 0.2) is 0 Å². The van der Waals surface area contributed by atoms with Crippen LogP contribution in [-0.2, 0) is 0 Å². The summed E-state index contributed by atoms with van der Waals surface area (Å²) < 4.78 is 14.4. The van der Waals surface area contributed by atoms with Gasteiger partial charge >= 0.3 is 0 Å². The van der Waals surface area contributed by atoms with Gasteiger partial charge in [0.05, 0.1) is 4.47 Å². The molecule has 1 aromatic rings. The van der Waals surface area contributed by atoms with Crippen LogP contribution < -0.4 is 5.32 Å². The Balaban J connectivity index is 0.00000147. The van der Waals surface area contributed by atoms with Crippen molar-refractivity contribution in [2.45, 2.75) is 25.3 Å². The molecule has 20 heavy (non-hydrogen) atoms. The molecule has 0 bridgehead atoms. The van der Waals surface area contributed by atoms with Gasteiger partial charge < -0.3 is 5.32 Å². The molecule has 112 valence electrons. The van der Waals surface area contributed by atoms with E-state index in [2.05, 4.69) is 32.2 Å². The van der Waals surface area contributed by atoms with Gasteiger partial charge in [0.2, 0.25) is 0 Å². The number of hydrogen-bond acceptors (Lipinski definition) is 2. The van der Waals surface area contributed by atoms with Crippen LogP contribution in [0.4, 0.5) is 4.39 Å². The monoisotopic (exact) mass is 362 g/mol. The van der Waals surface area contributed by atoms with Gasteiger partial charge in [-0.3, -0.25) is 4.90 Å². The maximum absolute atomic E-state index is 13.8. The second kappa shape index (κ2) is 7.21. The predicted octanol–water partition coefficient (Wildman–Crippen LogP) is 3.76. The lowest BCUT2D eigenvalue weighted by Crippen LogP contribution is -2.47. The van der Waals surface area contributed by atoms with Crippen molar-refractivity contribution >= 4 is 28.3 Å². The van der Waals surface area contributed by atoms with Crippen LogP contribution in [0.2, 0.25) is 0 Å². The Morgan fingerprint density at radius 2 is 1.95 bits per heavy atom. The Bertz CT molecular complexity index is 447. The highest BCUT2D eigenvalue weighted by atomic mass is 79.9. The molecule has 1 N–H and O–H groups in total. The molecule has 0 spiro atoms. The highest BCUT2D eigenvalue weighted by Crippen LogP contribution is 2.42. The molecule has 0 radical (unpaired) electrons. The highest BCUT2D eigenvalue weighted by Gasteiger charge is 2.33. The first-order valence-electron chi connectivity index (χ1n) is 7.15. The highest BCUT2D eigenvalue weighted by molar-refractivity contribution is 9.10. The molecule has 1 heterocycles. The van der Waals surface area contributed by atoms with Crippen molar-refractivity contribution in [3.05, 3.63) is 34.1 Å². The van der Waals surface area contributed by atoms with Gasteiger partial charge in [0.1, 0.15) is 5.82 Å². The van der Waals surface area contributed by atoms with Gasteiger partial charge in [0.25, 0.3) is 0 Å². The first-order chi connectivity index (χ1) is 9.25. The molecule has 2 fully saturated rings. The van der Waals surface area contributed by atoms with Crippen LogP contribution >= 0.6 is 28.3 Å². The van der Waals surface area contributed by atoms with Crippen molar-refractivity contribution in [2.24, 2.45) is 5.92 Å². The number of piperazine rings is 1. The third-order valence-corrected chi connectivity index (χ3v) is 5.07. The van der Waals surface area contributed by atoms with E-state index in [1.807, 2.05) is 6.07 Å². The number of nitrogens with zero attached hydrogens (tertiary/aromatic N) is 1. The van der Waals surface area contributed by atoms with E-state index >= 15 is 0 Å². The molecule has 1 aliphatic carbocycles. The molecule has 1 atom stereocenters. The lowest BCUT2D eigenvalue weighted by Gasteiger charge is -2.43. The maximum atomic E-state index is 13.8. The first kappa shape index (κ1) is 16.2. The number of nitrogens with one attached hydrogen (secondary N) is 1. The zero-order valence-electron chi connectivity index (χ0n) is 11.4. The van der Waals surface area contributed by atoms with Crippen LogP contribution in [0.3, 0.4) is 0 Å². The average Bonchev–Trinajstić information content (AvgIpc) is 2.38. The molecule has 0 amide bonds. The molecular formula is C15H21BrClFN2. The molecule has 0 aromatic heterocycles. The largest absolute Gasteiger partial charge is 0.314 e. The zero-order valence-corrected chi connectivity index (χ0v) is 13.9. The Morgan fingerprint density at radius 1 is 1.25 bits per heavy atom. The van der Waals surface area contributed by atoms with E-state index in [1.54, 1.807) is 6.07 Å². The summed E-state index contributed by atoms with van der Waals surface area (Å²) in [5, 5.41) is 3.39. The molecule has 2 nitrogen and oxygen atoms in total. The topological polar surface area (TPSA) is 15.3 Å². The number of rotatable bonds is 3. The molecule has 5 heteroatoms. The Labute approximate surface area is 134 Å². The summed E-state index contributed by atoms with van der Waals surface area (Å²) in [4.78, 5) is 2.53. The van der Waals surface area contributed by atoms with Crippen molar-refractivity contribution in [1.82, 2.24) is 10.2 Å². The maximum Gasteiger partial charge on any atom is 0.137 e. The van der Waals surface area contributed by atoms with Gasteiger partial charge in [-0.05, 0) is 52.4 Å². The quantitative estimate of drug-likeness (QED) is 0.880. The Kier molecular flexibility index (Phi) is 5.84. The van der Waals surface area contributed by atoms with E-state index in [0.29, 0.717) is 16.4 Å². The van der Waals surface area contributed by atoms with Crippen LogP contribution in [0.25, 0.3) is 0 Å². The fourth-order valence-electron chi connectivity index (χ4n) is 3.19. The van der Waals surface area contributed by atoms with Crippen LogP contribution in [0, 0.1) is 11.7 Å². The number of halogens is 3. The summed E-state index contributed by atoms with van der Waals surface area (Å²) >= 11 is 3.24. The van der Waals surface area contributed by atoms with Gasteiger partial charge in [-0.15, -0.1) is 12.4 Å². The molecule has 1 saturated carbocycles. The van der Waals surface area contributed by atoms with Crippen molar-refractivity contribution in [3.63, 3.8) is 0 Å². The standard InChI is InChI=1S/C15H20BrFN2.ClH/c16-13-5-4-12(10-14(13)17)15(11-2-1-3-11)19-8-6-18-7-9-19;/h4-5,10-11,15,18H,1-3,6-9H2;1H/t15-;/m1./s1. The second-order valence-electron chi connectivity index (χ2n) is 5.60. The van der Waals surface area contributed by atoms with Crippen LogP contribution in [0.5, 0.6) is 0 Å².